The molecule has 1 saturated heterocycles. The van der Waals surface area contributed by atoms with E-state index in [1.165, 1.54) is 18.4 Å². The minimum Gasteiger partial charge on any atom is -0.396 e. The maximum absolute atomic E-state index is 9.20. The lowest BCUT2D eigenvalue weighted by Crippen LogP contribution is -2.42. The number of aliphatic hydroxyl groups excluding tert-OH is 1. The minimum absolute atomic E-state index is 0.340. The summed E-state index contributed by atoms with van der Waals surface area (Å²) in [4.78, 5) is 2.49. The predicted octanol–water partition coefficient (Wildman–Crippen LogP) is 2.34. The van der Waals surface area contributed by atoms with Crippen molar-refractivity contribution in [3.63, 3.8) is 0 Å². The molecule has 2 nitrogen and oxygen atoms in total. The van der Waals surface area contributed by atoms with Gasteiger partial charge >= 0.3 is 0 Å². The highest BCUT2D eigenvalue weighted by molar-refractivity contribution is 7.07. The minimum atomic E-state index is 0.340. The Morgan fingerprint density at radius 3 is 3.07 bits per heavy atom. The Kier molecular flexibility index (Phi) is 3.78. The van der Waals surface area contributed by atoms with E-state index in [1.807, 2.05) is 0 Å². The molecule has 0 unspecified atom stereocenters. The molecule has 2 heterocycles. The summed E-state index contributed by atoms with van der Waals surface area (Å²) >= 11 is 1.76. The summed E-state index contributed by atoms with van der Waals surface area (Å²) in [6.45, 7) is 4.72. The van der Waals surface area contributed by atoms with Gasteiger partial charge in [-0.25, -0.2) is 0 Å². The molecule has 0 saturated carbocycles. The number of nitrogens with zero attached hydrogens (tertiary/aromatic N) is 1. The molecular weight excluding hydrogens is 206 g/mol. The molecule has 0 spiro atoms. The van der Waals surface area contributed by atoms with Crippen molar-refractivity contribution >= 4 is 11.3 Å². The molecule has 0 radical (unpaired) electrons. The van der Waals surface area contributed by atoms with Crippen LogP contribution in [-0.4, -0.2) is 29.2 Å². The molecule has 1 aromatic heterocycles. The lowest BCUT2D eigenvalue weighted by molar-refractivity contribution is 0.0772. The third-order valence-electron chi connectivity index (χ3n) is 3.33. The number of likely N-dealkylation sites (tertiary alicyclic amines) is 1. The largest absolute Gasteiger partial charge is 0.396 e. The molecule has 0 bridgehead atoms. The zero-order valence-corrected chi connectivity index (χ0v) is 10.0. The van der Waals surface area contributed by atoms with E-state index < -0.39 is 0 Å². The van der Waals surface area contributed by atoms with Crippen molar-refractivity contribution < 1.29 is 5.11 Å². The van der Waals surface area contributed by atoms with E-state index in [1.54, 1.807) is 11.3 Å². The van der Waals surface area contributed by atoms with Crippen LogP contribution < -0.4 is 0 Å². The zero-order valence-electron chi connectivity index (χ0n) is 9.22. The monoisotopic (exact) mass is 225 g/mol. The van der Waals surface area contributed by atoms with Crippen molar-refractivity contribution in [1.82, 2.24) is 4.90 Å². The van der Waals surface area contributed by atoms with E-state index in [-0.39, 0.29) is 0 Å². The van der Waals surface area contributed by atoms with E-state index >= 15 is 0 Å². The molecule has 1 aliphatic heterocycles. The van der Waals surface area contributed by atoms with Crippen LogP contribution in [0.2, 0.25) is 0 Å². The highest BCUT2D eigenvalue weighted by Crippen LogP contribution is 2.23. The van der Waals surface area contributed by atoms with Crippen molar-refractivity contribution in [3.8, 4) is 0 Å². The molecule has 0 aliphatic carbocycles. The third-order valence-corrected chi connectivity index (χ3v) is 4.06. The van der Waals surface area contributed by atoms with Gasteiger partial charge in [0.2, 0.25) is 0 Å². The average molecular weight is 225 g/mol. The Bertz CT molecular complexity index is 286. The van der Waals surface area contributed by atoms with Gasteiger partial charge in [0.05, 0.1) is 0 Å². The molecule has 84 valence electrons. The fraction of sp³-hybridized carbons (Fsp3) is 0.667. The second-order valence-corrected chi connectivity index (χ2v) is 5.32. The van der Waals surface area contributed by atoms with Gasteiger partial charge in [0.25, 0.3) is 0 Å². The second kappa shape index (κ2) is 5.10. The molecule has 2 atom stereocenters. The number of hydrogen-bond acceptors (Lipinski definition) is 3. The summed E-state index contributed by atoms with van der Waals surface area (Å²) in [6, 6.07) is 2.85. The van der Waals surface area contributed by atoms with Crippen molar-refractivity contribution in [2.45, 2.75) is 32.4 Å². The Balaban J connectivity index is 1.94. The average Bonchev–Trinajstić information content (AvgIpc) is 2.74. The van der Waals surface area contributed by atoms with Crippen LogP contribution in [0.4, 0.5) is 0 Å². The summed E-state index contributed by atoms with van der Waals surface area (Å²) in [5.41, 5.74) is 1.41. The van der Waals surface area contributed by atoms with E-state index in [2.05, 4.69) is 28.7 Å². The molecule has 0 aromatic carbocycles. The molecular formula is C12H19NOS. The predicted molar refractivity (Wildman–Crippen MR) is 64.0 cm³/mol. The van der Waals surface area contributed by atoms with Crippen molar-refractivity contribution in [1.29, 1.82) is 0 Å². The molecule has 1 aliphatic rings. The van der Waals surface area contributed by atoms with Gasteiger partial charge in [-0.3, -0.25) is 4.90 Å². The van der Waals surface area contributed by atoms with Gasteiger partial charge in [0.1, 0.15) is 0 Å². The van der Waals surface area contributed by atoms with Crippen molar-refractivity contribution in [2.24, 2.45) is 5.92 Å². The molecule has 15 heavy (non-hydrogen) atoms. The Morgan fingerprint density at radius 1 is 1.53 bits per heavy atom. The molecule has 0 amide bonds. The van der Waals surface area contributed by atoms with Crippen LogP contribution in [0.1, 0.15) is 25.3 Å². The third kappa shape index (κ3) is 2.80. The molecule has 3 heteroatoms. The first-order valence-electron chi connectivity index (χ1n) is 5.65. The van der Waals surface area contributed by atoms with E-state index in [0.717, 1.165) is 13.1 Å². The number of piperidine rings is 1. The van der Waals surface area contributed by atoms with Gasteiger partial charge in [-0.2, -0.15) is 11.3 Å². The molecule has 1 N–H and O–H groups in total. The zero-order chi connectivity index (χ0) is 10.7. The highest BCUT2D eigenvalue weighted by Gasteiger charge is 2.24. The summed E-state index contributed by atoms with van der Waals surface area (Å²) in [5.74, 6) is 0.486. The van der Waals surface area contributed by atoms with Crippen LogP contribution in [-0.2, 0) is 6.54 Å². The van der Waals surface area contributed by atoms with Crippen LogP contribution in [0.3, 0.4) is 0 Å². The van der Waals surface area contributed by atoms with Gasteiger partial charge in [-0.1, -0.05) is 0 Å². The fourth-order valence-electron chi connectivity index (χ4n) is 2.25. The van der Waals surface area contributed by atoms with Crippen LogP contribution in [0.5, 0.6) is 0 Å². The van der Waals surface area contributed by atoms with Gasteiger partial charge in [0, 0.05) is 25.7 Å². The summed E-state index contributed by atoms with van der Waals surface area (Å²) < 4.78 is 0. The quantitative estimate of drug-likeness (QED) is 0.853. The standard InChI is InChI=1S/C12H19NOS/c1-10-2-3-11(8-14)6-13(10)7-12-4-5-15-9-12/h4-5,9-11,14H,2-3,6-8H2,1H3/t10-,11-/m1/s1. The SMILES string of the molecule is C[C@@H]1CC[C@@H](CO)CN1Cc1ccsc1. The first kappa shape index (κ1) is 11.1. The number of aliphatic hydroxyl groups is 1. The summed E-state index contributed by atoms with van der Waals surface area (Å²) in [6.07, 6.45) is 2.40. The van der Waals surface area contributed by atoms with E-state index in [0.29, 0.717) is 18.6 Å². The van der Waals surface area contributed by atoms with Gasteiger partial charge in [-0.15, -0.1) is 0 Å². The lowest BCUT2D eigenvalue weighted by Gasteiger charge is -2.37. The maximum atomic E-state index is 9.20. The highest BCUT2D eigenvalue weighted by atomic mass is 32.1. The Labute approximate surface area is 95.5 Å². The molecule has 1 fully saturated rings. The fourth-order valence-corrected chi connectivity index (χ4v) is 2.91. The van der Waals surface area contributed by atoms with E-state index in [4.69, 9.17) is 0 Å². The van der Waals surface area contributed by atoms with Crippen LogP contribution in [0.25, 0.3) is 0 Å². The summed E-state index contributed by atoms with van der Waals surface area (Å²) in [5, 5.41) is 13.5. The topological polar surface area (TPSA) is 23.5 Å². The smallest absolute Gasteiger partial charge is 0.0471 e. The van der Waals surface area contributed by atoms with Crippen LogP contribution >= 0.6 is 11.3 Å². The first-order valence-corrected chi connectivity index (χ1v) is 6.60. The molecule has 2 rings (SSSR count). The van der Waals surface area contributed by atoms with Gasteiger partial charge in [-0.05, 0) is 48.1 Å². The van der Waals surface area contributed by atoms with Crippen LogP contribution in [0, 0.1) is 5.92 Å². The van der Waals surface area contributed by atoms with E-state index in [9.17, 15) is 5.11 Å². The van der Waals surface area contributed by atoms with Crippen molar-refractivity contribution in [2.75, 3.05) is 13.2 Å². The Morgan fingerprint density at radius 2 is 2.40 bits per heavy atom. The summed E-state index contributed by atoms with van der Waals surface area (Å²) in [7, 11) is 0. The van der Waals surface area contributed by atoms with Crippen molar-refractivity contribution in [3.05, 3.63) is 22.4 Å². The number of hydrogen-bond donors (Lipinski definition) is 1. The first-order chi connectivity index (χ1) is 7.29. The van der Waals surface area contributed by atoms with Gasteiger partial charge in [0.15, 0.2) is 0 Å². The second-order valence-electron chi connectivity index (χ2n) is 4.54. The number of rotatable bonds is 3. The maximum Gasteiger partial charge on any atom is 0.0471 e. The normalized spacial score (nSPS) is 28.1. The lowest BCUT2D eigenvalue weighted by atomic mass is 9.94. The van der Waals surface area contributed by atoms with Crippen LogP contribution in [0.15, 0.2) is 16.8 Å². The number of thiophene rings is 1. The van der Waals surface area contributed by atoms with Gasteiger partial charge < -0.3 is 5.11 Å². The molecule has 1 aromatic rings. The Hall–Kier alpha value is -0.380.